The second-order valence-corrected chi connectivity index (χ2v) is 16.8. The lowest BCUT2D eigenvalue weighted by Crippen LogP contribution is -2.59. The van der Waals surface area contributed by atoms with Crippen LogP contribution in [0.3, 0.4) is 0 Å². The maximum Gasteiger partial charge on any atom is 0.326 e. The monoisotopic (exact) mass is 954 g/mol. The highest BCUT2D eigenvalue weighted by atomic mass is 32.2. The van der Waals surface area contributed by atoms with E-state index in [0.29, 0.717) is 36.3 Å². The van der Waals surface area contributed by atoms with Crippen molar-refractivity contribution in [2.45, 2.75) is 108 Å². The van der Waals surface area contributed by atoms with E-state index in [1.54, 1.807) is 18.5 Å². The van der Waals surface area contributed by atoms with E-state index in [1.807, 2.05) is 18.2 Å². The number of carbonyl (C=O) groups is 9. The van der Waals surface area contributed by atoms with Gasteiger partial charge in [0, 0.05) is 36.4 Å². The lowest BCUT2D eigenvalue weighted by atomic mass is 10.0. The van der Waals surface area contributed by atoms with Gasteiger partial charge >= 0.3 is 11.9 Å². The summed E-state index contributed by atoms with van der Waals surface area (Å²) in [7, 11) is 0. The molecule has 0 aliphatic heterocycles. The Kier molecular flexibility index (Phi) is 22.6. The number of aromatic hydroxyl groups is 1. The maximum absolute atomic E-state index is 14.2. The molecule has 2 aromatic carbocycles. The number of rotatable bonds is 29. The van der Waals surface area contributed by atoms with Crippen LogP contribution in [0.2, 0.25) is 0 Å². The second kappa shape index (κ2) is 27.7. The van der Waals surface area contributed by atoms with Crippen LogP contribution in [0, 0.1) is 0 Å². The summed E-state index contributed by atoms with van der Waals surface area (Å²) in [6, 6.07) is 4.25. The van der Waals surface area contributed by atoms with E-state index >= 15 is 0 Å². The van der Waals surface area contributed by atoms with Crippen LogP contribution < -0.4 is 48.7 Å². The third-order valence-electron chi connectivity index (χ3n) is 10.5. The number of aliphatic carboxylic acids is 2. The zero-order valence-corrected chi connectivity index (χ0v) is 38.4. The van der Waals surface area contributed by atoms with Gasteiger partial charge in [-0.2, -0.15) is 11.8 Å². The van der Waals surface area contributed by atoms with E-state index in [9.17, 15) is 53.4 Å². The highest BCUT2D eigenvalue weighted by molar-refractivity contribution is 7.98. The number of hydrogen-bond acceptors (Lipinski definition) is 13. The molecule has 0 saturated heterocycles. The Labute approximate surface area is 391 Å². The topological polar surface area (TPSA) is 366 Å². The summed E-state index contributed by atoms with van der Waals surface area (Å²) in [6.07, 6.45) is 3.90. The first-order valence-corrected chi connectivity index (χ1v) is 23.0. The molecule has 3 aromatic rings. The number of para-hydroxylation sites is 1. The van der Waals surface area contributed by atoms with Gasteiger partial charge in [0.05, 0.1) is 12.6 Å². The molecule has 23 heteroatoms. The summed E-state index contributed by atoms with van der Waals surface area (Å²) < 4.78 is 0. The lowest BCUT2D eigenvalue weighted by Gasteiger charge is -2.26. The van der Waals surface area contributed by atoms with Crippen LogP contribution >= 0.6 is 11.8 Å². The Hall–Kier alpha value is -6.72. The minimum atomic E-state index is -1.31. The van der Waals surface area contributed by atoms with Gasteiger partial charge in [-0.25, -0.2) is 4.79 Å². The fraction of sp³-hybridized carbons (Fsp3) is 0.477. The van der Waals surface area contributed by atoms with Crippen molar-refractivity contribution in [1.82, 2.24) is 42.2 Å². The Morgan fingerprint density at radius 1 is 0.672 bits per heavy atom. The molecule has 67 heavy (non-hydrogen) atoms. The van der Waals surface area contributed by atoms with Gasteiger partial charge in [0.25, 0.3) is 0 Å². The van der Waals surface area contributed by atoms with Gasteiger partial charge in [-0.3, -0.25) is 38.4 Å². The third-order valence-corrected chi connectivity index (χ3v) is 11.1. The van der Waals surface area contributed by atoms with Crippen LogP contribution in [-0.4, -0.2) is 141 Å². The molecule has 1 heterocycles. The first kappa shape index (κ1) is 54.6. The van der Waals surface area contributed by atoms with E-state index in [2.05, 4.69) is 42.2 Å². The molecule has 0 radical (unpaired) electrons. The first-order valence-electron chi connectivity index (χ1n) is 21.6. The van der Waals surface area contributed by atoms with Gasteiger partial charge in [0.2, 0.25) is 41.4 Å². The molecule has 0 spiro atoms. The Morgan fingerprint density at radius 3 is 1.87 bits per heavy atom. The van der Waals surface area contributed by atoms with Crippen LogP contribution in [0.4, 0.5) is 0 Å². The standard InChI is InChI=1S/C44H62N10O12S/c1-24(49-36(56)23-48-40(61)30(46)15-16-37(57)58)38(59)54-35(21-27-22-47-31-9-5-4-8-29(27)31)43(64)51-32(17-19-67-3)41(62)50-25(2)39(60)53-34(20-26-11-13-28(55)14-12-26)42(63)52-33(44(65)66)10-6-7-18-45/h4-5,8-9,11-14,22,24-25,30,32-35,47,55H,6-7,10,15-21,23,45-46H2,1-3H3,(H,48,61)(H,49,56)(H,50,62)(H,51,64)(H,52,63)(H,53,60)(H,54,59)(H,57,58)(H,65,66). The maximum atomic E-state index is 14.2. The molecule has 7 unspecified atom stereocenters. The van der Waals surface area contributed by atoms with E-state index in [1.165, 1.54) is 49.9 Å². The summed E-state index contributed by atoms with van der Waals surface area (Å²) in [4.78, 5) is 120. The number of carboxylic acid groups (broad SMARTS) is 2. The molecule has 7 amide bonds. The van der Waals surface area contributed by atoms with Crippen molar-refractivity contribution in [1.29, 1.82) is 0 Å². The van der Waals surface area contributed by atoms with E-state index < -0.39 is 102 Å². The summed E-state index contributed by atoms with van der Waals surface area (Å²) in [5, 5.41) is 46.8. The van der Waals surface area contributed by atoms with Gasteiger partial charge < -0.3 is 69.0 Å². The number of nitrogens with one attached hydrogen (secondary N) is 8. The van der Waals surface area contributed by atoms with Crippen LogP contribution in [0.25, 0.3) is 10.9 Å². The van der Waals surface area contributed by atoms with Gasteiger partial charge in [0.15, 0.2) is 0 Å². The van der Waals surface area contributed by atoms with Gasteiger partial charge in [-0.15, -0.1) is 0 Å². The number of phenolic OH excluding ortho intramolecular Hbond substituents is 1. The number of amides is 7. The molecule has 22 nitrogen and oxygen atoms in total. The number of hydrogen-bond donors (Lipinski definition) is 13. The normalized spacial score (nSPS) is 14.2. The predicted molar refractivity (Wildman–Crippen MR) is 248 cm³/mol. The average Bonchev–Trinajstić information content (AvgIpc) is 3.70. The third kappa shape index (κ3) is 18.6. The quantitative estimate of drug-likeness (QED) is 0.0367. The van der Waals surface area contributed by atoms with Gasteiger partial charge in [0.1, 0.15) is 42.0 Å². The van der Waals surface area contributed by atoms with Crippen molar-refractivity contribution in [2.24, 2.45) is 11.5 Å². The minimum Gasteiger partial charge on any atom is -0.508 e. The van der Waals surface area contributed by atoms with Gasteiger partial charge in [-0.1, -0.05) is 30.3 Å². The number of fused-ring (bicyclic) bond motifs is 1. The van der Waals surface area contributed by atoms with Crippen LogP contribution in [0.15, 0.2) is 54.7 Å². The molecule has 0 saturated carbocycles. The number of aromatic amines is 1. The van der Waals surface area contributed by atoms with Crippen molar-refractivity contribution < 1.29 is 58.5 Å². The van der Waals surface area contributed by atoms with Crippen molar-refractivity contribution >= 4 is 76.0 Å². The van der Waals surface area contributed by atoms with Crippen LogP contribution in [0.1, 0.15) is 63.5 Å². The molecule has 366 valence electrons. The average molecular weight is 955 g/mol. The minimum absolute atomic E-state index is 0.0384. The Morgan fingerprint density at radius 2 is 1.25 bits per heavy atom. The zero-order valence-electron chi connectivity index (χ0n) is 37.6. The summed E-state index contributed by atoms with van der Waals surface area (Å²) in [5.41, 5.74) is 13.2. The number of thioether (sulfide) groups is 1. The highest BCUT2D eigenvalue weighted by Crippen LogP contribution is 2.20. The molecule has 15 N–H and O–H groups in total. The molecule has 7 atom stereocenters. The van der Waals surface area contributed by atoms with Gasteiger partial charge in [-0.05, 0) is 93.8 Å². The number of phenols is 1. The molecule has 3 rings (SSSR count). The summed E-state index contributed by atoms with van der Waals surface area (Å²) in [6.45, 7) is 2.46. The highest BCUT2D eigenvalue weighted by Gasteiger charge is 2.32. The van der Waals surface area contributed by atoms with E-state index in [-0.39, 0.29) is 44.3 Å². The predicted octanol–water partition coefficient (Wildman–Crippen LogP) is -1.12. The number of benzene rings is 2. The number of carbonyl (C=O) groups excluding carboxylic acids is 7. The fourth-order valence-electron chi connectivity index (χ4n) is 6.65. The molecule has 0 bridgehead atoms. The molecule has 0 aliphatic carbocycles. The molecule has 1 aromatic heterocycles. The number of H-pyrrole nitrogens is 1. The Balaban J connectivity index is 1.77. The number of carboxylic acids is 2. The number of aromatic nitrogens is 1. The number of nitrogens with two attached hydrogens (primary N) is 2. The second-order valence-electron chi connectivity index (χ2n) is 15.9. The summed E-state index contributed by atoms with van der Waals surface area (Å²) >= 11 is 1.38. The van der Waals surface area contributed by atoms with Crippen molar-refractivity contribution in [3.63, 3.8) is 0 Å². The molecular weight excluding hydrogens is 893 g/mol. The smallest absolute Gasteiger partial charge is 0.326 e. The first-order chi connectivity index (χ1) is 31.8. The van der Waals surface area contributed by atoms with Crippen LogP contribution in [0.5, 0.6) is 5.75 Å². The number of unbranched alkanes of at least 4 members (excludes halogenated alkanes) is 1. The van der Waals surface area contributed by atoms with Crippen molar-refractivity contribution in [3.8, 4) is 5.75 Å². The molecular formula is C44H62N10O12S. The fourth-order valence-corrected chi connectivity index (χ4v) is 7.12. The summed E-state index contributed by atoms with van der Waals surface area (Å²) in [5.74, 6) is -7.56. The van der Waals surface area contributed by atoms with E-state index in [4.69, 9.17) is 16.6 Å². The Bertz CT molecular complexity index is 2190. The largest absolute Gasteiger partial charge is 0.508 e. The lowest BCUT2D eigenvalue weighted by molar-refractivity contribution is -0.142. The van der Waals surface area contributed by atoms with Crippen molar-refractivity contribution in [2.75, 3.05) is 25.1 Å². The zero-order chi connectivity index (χ0) is 49.6. The SMILES string of the molecule is CSCCC(NC(=O)C(Cc1c[nH]c2ccccc12)NC(=O)C(C)NC(=O)CNC(=O)C(N)CCC(=O)O)C(=O)NC(C)C(=O)NC(Cc1ccc(O)cc1)C(=O)NC(CCCCN)C(=O)O. The van der Waals surface area contributed by atoms with Crippen molar-refractivity contribution in [3.05, 3.63) is 65.9 Å². The van der Waals surface area contributed by atoms with Crippen LogP contribution in [-0.2, 0) is 56.0 Å². The molecule has 0 aliphatic rings. The molecule has 0 fully saturated rings. The van der Waals surface area contributed by atoms with E-state index in [0.717, 1.165) is 10.9 Å².